The van der Waals surface area contributed by atoms with Gasteiger partial charge in [0.2, 0.25) is 0 Å². The molecule has 3 atom stereocenters. The van der Waals surface area contributed by atoms with E-state index < -0.39 is 10.0 Å². The summed E-state index contributed by atoms with van der Waals surface area (Å²) in [4.78, 5) is 0.267. The lowest BCUT2D eigenvalue weighted by molar-refractivity contribution is 0.425. The van der Waals surface area contributed by atoms with Crippen molar-refractivity contribution in [1.29, 1.82) is 0 Å². The molecule has 4 nitrogen and oxygen atoms in total. The quantitative estimate of drug-likeness (QED) is 0.460. The van der Waals surface area contributed by atoms with Gasteiger partial charge in [0.05, 0.1) is 10.9 Å². The van der Waals surface area contributed by atoms with Crippen LogP contribution in [0.4, 0.5) is 11.4 Å². The minimum absolute atomic E-state index is 0.0781. The Morgan fingerprint density at radius 3 is 2.55 bits per heavy atom. The third kappa shape index (κ3) is 3.73. The second kappa shape index (κ2) is 7.74. The van der Waals surface area contributed by atoms with Gasteiger partial charge in [-0.3, -0.25) is 4.72 Å². The molecule has 1 aliphatic heterocycles. The van der Waals surface area contributed by atoms with Crippen LogP contribution in [0.3, 0.4) is 0 Å². The van der Waals surface area contributed by atoms with Crippen LogP contribution in [-0.2, 0) is 10.0 Å². The minimum atomic E-state index is -3.68. The second-order valence-electron chi connectivity index (χ2n) is 8.22. The fourth-order valence-electron chi connectivity index (χ4n) is 4.61. The van der Waals surface area contributed by atoms with Gasteiger partial charge in [-0.15, -0.1) is 0 Å². The predicted molar refractivity (Wildman–Crippen MR) is 126 cm³/mol. The molecule has 1 aliphatic carbocycles. The molecule has 158 valence electrons. The number of nitrogens with one attached hydrogen (secondary N) is 2. The molecule has 0 radical (unpaired) electrons. The molecule has 0 spiro atoms. The molecule has 0 saturated carbocycles. The number of hydrogen-bond donors (Lipinski definition) is 2. The van der Waals surface area contributed by atoms with Crippen LogP contribution >= 0.6 is 11.6 Å². The maximum atomic E-state index is 13.0. The van der Waals surface area contributed by atoms with E-state index in [0.29, 0.717) is 5.69 Å². The van der Waals surface area contributed by atoms with E-state index in [1.807, 2.05) is 43.3 Å². The number of halogens is 1. The van der Waals surface area contributed by atoms with E-state index in [-0.39, 0.29) is 22.8 Å². The lowest BCUT2D eigenvalue weighted by atomic mass is 9.77. The number of rotatable bonds is 4. The van der Waals surface area contributed by atoms with Crippen molar-refractivity contribution in [3.05, 3.63) is 101 Å². The number of benzene rings is 3. The van der Waals surface area contributed by atoms with Crippen molar-refractivity contribution in [2.45, 2.75) is 30.2 Å². The Hall–Kier alpha value is -2.76. The van der Waals surface area contributed by atoms with Gasteiger partial charge in [0.25, 0.3) is 10.0 Å². The lowest BCUT2D eigenvalue weighted by Crippen LogP contribution is -2.29. The number of hydrogen-bond acceptors (Lipinski definition) is 3. The lowest BCUT2D eigenvalue weighted by Gasteiger charge is -2.38. The highest BCUT2D eigenvalue weighted by atomic mass is 35.5. The van der Waals surface area contributed by atoms with Crippen LogP contribution in [0.15, 0.2) is 83.8 Å². The Morgan fingerprint density at radius 2 is 1.77 bits per heavy atom. The van der Waals surface area contributed by atoms with E-state index in [1.165, 1.54) is 0 Å². The molecule has 0 aromatic heterocycles. The van der Waals surface area contributed by atoms with E-state index in [1.54, 1.807) is 24.3 Å². The highest BCUT2D eigenvalue weighted by molar-refractivity contribution is 7.92. The van der Waals surface area contributed by atoms with Gasteiger partial charge in [-0.2, -0.15) is 0 Å². The molecular formula is C25H23ClN2O2S. The molecule has 2 aliphatic rings. The number of aryl methyl sites for hydroxylation is 1. The molecule has 5 rings (SSSR count). The van der Waals surface area contributed by atoms with Gasteiger partial charge in [0.15, 0.2) is 0 Å². The van der Waals surface area contributed by atoms with Crippen molar-refractivity contribution in [1.82, 2.24) is 0 Å². The van der Waals surface area contributed by atoms with Crippen molar-refractivity contribution >= 4 is 33.0 Å². The summed E-state index contributed by atoms with van der Waals surface area (Å²) in [6.45, 7) is 1.97. The Bertz CT molecular complexity index is 1270. The van der Waals surface area contributed by atoms with Crippen LogP contribution in [0.25, 0.3) is 0 Å². The zero-order valence-electron chi connectivity index (χ0n) is 17.0. The summed E-state index contributed by atoms with van der Waals surface area (Å²) in [7, 11) is -3.68. The summed E-state index contributed by atoms with van der Waals surface area (Å²) in [5.74, 6) is 0.433. The van der Waals surface area contributed by atoms with Crippen LogP contribution in [-0.4, -0.2) is 8.42 Å². The van der Waals surface area contributed by atoms with E-state index in [4.69, 9.17) is 11.6 Å². The van der Waals surface area contributed by atoms with Crippen molar-refractivity contribution in [3.8, 4) is 0 Å². The molecule has 0 amide bonds. The first-order chi connectivity index (χ1) is 14.9. The number of allylic oxidation sites excluding steroid dienone is 2. The van der Waals surface area contributed by atoms with E-state index in [9.17, 15) is 8.42 Å². The van der Waals surface area contributed by atoms with Crippen molar-refractivity contribution in [2.75, 3.05) is 10.0 Å². The monoisotopic (exact) mass is 450 g/mol. The summed E-state index contributed by atoms with van der Waals surface area (Å²) in [5.41, 5.74) is 4.67. The molecule has 3 aromatic rings. The van der Waals surface area contributed by atoms with Crippen molar-refractivity contribution in [3.63, 3.8) is 0 Å². The summed E-state index contributed by atoms with van der Waals surface area (Å²) < 4.78 is 28.7. The Labute approximate surface area is 188 Å². The maximum Gasteiger partial charge on any atom is 0.261 e. The maximum absolute atomic E-state index is 13.0. The van der Waals surface area contributed by atoms with Gasteiger partial charge in [0, 0.05) is 22.3 Å². The fraction of sp³-hybridized carbons (Fsp3) is 0.200. The predicted octanol–water partition coefficient (Wildman–Crippen LogP) is 6.28. The summed E-state index contributed by atoms with van der Waals surface area (Å²) in [6, 6.07) is 20.6. The third-order valence-electron chi connectivity index (χ3n) is 6.19. The minimum Gasteiger partial charge on any atom is -0.378 e. The average molecular weight is 451 g/mol. The normalized spacial score (nSPS) is 21.8. The summed E-state index contributed by atoms with van der Waals surface area (Å²) >= 11 is 6.50. The molecule has 0 bridgehead atoms. The van der Waals surface area contributed by atoms with Crippen LogP contribution in [0, 0.1) is 12.8 Å². The molecule has 2 N–H and O–H groups in total. The van der Waals surface area contributed by atoms with E-state index in [2.05, 4.69) is 28.3 Å². The zero-order valence-corrected chi connectivity index (χ0v) is 18.6. The third-order valence-corrected chi connectivity index (χ3v) is 7.91. The van der Waals surface area contributed by atoms with Gasteiger partial charge in [-0.25, -0.2) is 8.42 Å². The van der Waals surface area contributed by atoms with Crippen LogP contribution < -0.4 is 10.0 Å². The first-order valence-electron chi connectivity index (χ1n) is 10.3. The summed E-state index contributed by atoms with van der Waals surface area (Å²) in [5, 5.41) is 4.37. The first kappa shape index (κ1) is 20.2. The number of sulfonamides is 1. The van der Waals surface area contributed by atoms with Crippen LogP contribution in [0.5, 0.6) is 0 Å². The molecular weight excluding hydrogens is 428 g/mol. The molecule has 1 heterocycles. The highest BCUT2D eigenvalue weighted by Gasteiger charge is 2.39. The zero-order chi connectivity index (χ0) is 21.6. The highest BCUT2D eigenvalue weighted by Crippen LogP contribution is 2.51. The first-order valence-corrected chi connectivity index (χ1v) is 12.2. The van der Waals surface area contributed by atoms with Gasteiger partial charge in [-0.1, -0.05) is 59.6 Å². The standard InChI is InChI=1S/C25H23ClN2O2S/c1-16-9-11-17(12-10-16)28-31(29,30)18-13-14-24-22(15-18)19-6-4-7-20(19)25(27-24)21-5-2-3-8-23(21)26/h2-6,8-15,19-20,25,27-28H,7H2,1H3/t19-,20+,25-/m0/s1. The molecule has 6 heteroatoms. The summed E-state index contributed by atoms with van der Waals surface area (Å²) in [6.07, 6.45) is 5.30. The topological polar surface area (TPSA) is 58.2 Å². The number of fused-ring (bicyclic) bond motifs is 3. The van der Waals surface area contributed by atoms with Gasteiger partial charge < -0.3 is 5.32 Å². The molecule has 0 unspecified atom stereocenters. The van der Waals surface area contributed by atoms with Gasteiger partial charge in [-0.05, 0) is 66.8 Å². The fourth-order valence-corrected chi connectivity index (χ4v) is 5.96. The average Bonchev–Trinajstić information content (AvgIpc) is 3.25. The Balaban J connectivity index is 1.50. The van der Waals surface area contributed by atoms with Crippen molar-refractivity contribution < 1.29 is 8.42 Å². The molecule has 0 saturated heterocycles. The SMILES string of the molecule is Cc1ccc(NS(=O)(=O)c2ccc3c(c2)[C@H]2C=CC[C@H]2[C@@H](c2ccccc2Cl)N3)cc1. The number of anilines is 2. The molecule has 3 aromatic carbocycles. The molecule has 31 heavy (non-hydrogen) atoms. The Morgan fingerprint density at radius 1 is 1.00 bits per heavy atom. The smallest absolute Gasteiger partial charge is 0.261 e. The van der Waals surface area contributed by atoms with E-state index in [0.717, 1.165) is 33.8 Å². The molecule has 0 fully saturated rings. The largest absolute Gasteiger partial charge is 0.378 e. The van der Waals surface area contributed by atoms with Crippen LogP contribution in [0.2, 0.25) is 5.02 Å². The Kier molecular flexibility index (Phi) is 5.03. The van der Waals surface area contributed by atoms with Gasteiger partial charge >= 0.3 is 0 Å². The van der Waals surface area contributed by atoms with Crippen molar-refractivity contribution in [2.24, 2.45) is 5.92 Å². The van der Waals surface area contributed by atoms with E-state index >= 15 is 0 Å². The second-order valence-corrected chi connectivity index (χ2v) is 10.3. The van der Waals surface area contributed by atoms with Crippen LogP contribution in [0.1, 0.15) is 35.1 Å². The van der Waals surface area contributed by atoms with Gasteiger partial charge in [0.1, 0.15) is 0 Å².